The third-order valence-corrected chi connectivity index (χ3v) is 6.64. The highest BCUT2D eigenvalue weighted by molar-refractivity contribution is 7.89. The molecule has 156 valence electrons. The fraction of sp³-hybridized carbons (Fsp3) is 0.400. The highest BCUT2D eigenvalue weighted by atomic mass is 32.2. The molecule has 2 N–H and O–H groups in total. The smallest absolute Gasteiger partial charge is 0.254 e. The van der Waals surface area contributed by atoms with Crippen molar-refractivity contribution in [3.63, 3.8) is 0 Å². The van der Waals surface area contributed by atoms with Gasteiger partial charge in [-0.1, -0.05) is 18.9 Å². The van der Waals surface area contributed by atoms with Crippen molar-refractivity contribution in [2.75, 3.05) is 25.0 Å². The molecule has 1 aliphatic rings. The molecule has 29 heavy (non-hydrogen) atoms. The molecular formula is C20H25N3O5S. The number of hydrogen-bond donors (Lipinski definition) is 2. The molecule has 1 saturated heterocycles. The number of hydrogen-bond acceptors (Lipinski definition) is 5. The molecule has 2 heterocycles. The first kappa shape index (κ1) is 21.1. The summed E-state index contributed by atoms with van der Waals surface area (Å²) >= 11 is 0. The minimum absolute atomic E-state index is 0.0622. The lowest BCUT2D eigenvalue weighted by molar-refractivity contribution is -0.116. The van der Waals surface area contributed by atoms with Gasteiger partial charge in [0.15, 0.2) is 0 Å². The molecule has 0 bridgehead atoms. The minimum atomic E-state index is -3.58. The van der Waals surface area contributed by atoms with Crippen molar-refractivity contribution in [2.45, 2.75) is 37.0 Å². The number of anilines is 1. The molecule has 1 aromatic heterocycles. The van der Waals surface area contributed by atoms with Crippen molar-refractivity contribution in [1.82, 2.24) is 9.62 Å². The van der Waals surface area contributed by atoms with E-state index < -0.39 is 10.0 Å². The Balaban J connectivity index is 1.56. The number of nitrogens with zero attached hydrogens (tertiary/aromatic N) is 1. The highest BCUT2D eigenvalue weighted by Crippen LogP contribution is 2.22. The van der Waals surface area contributed by atoms with Crippen molar-refractivity contribution in [2.24, 2.45) is 0 Å². The van der Waals surface area contributed by atoms with E-state index in [-0.39, 0.29) is 29.7 Å². The summed E-state index contributed by atoms with van der Waals surface area (Å²) < 4.78 is 32.2. The van der Waals surface area contributed by atoms with Crippen LogP contribution in [-0.2, 0) is 14.8 Å². The predicted octanol–water partition coefficient (Wildman–Crippen LogP) is 2.60. The van der Waals surface area contributed by atoms with Crippen LogP contribution in [-0.4, -0.2) is 44.2 Å². The zero-order valence-electron chi connectivity index (χ0n) is 16.1. The van der Waals surface area contributed by atoms with Gasteiger partial charge in [0.1, 0.15) is 6.26 Å². The lowest BCUT2D eigenvalue weighted by Crippen LogP contribution is -2.32. The third kappa shape index (κ3) is 5.68. The van der Waals surface area contributed by atoms with Crippen molar-refractivity contribution in [1.29, 1.82) is 0 Å². The average molecular weight is 420 g/mol. The second-order valence-electron chi connectivity index (χ2n) is 6.91. The average Bonchev–Trinajstić information content (AvgIpc) is 3.10. The van der Waals surface area contributed by atoms with Gasteiger partial charge in [0.25, 0.3) is 5.91 Å². The van der Waals surface area contributed by atoms with Crippen LogP contribution < -0.4 is 10.6 Å². The number of carbonyl (C=O) groups excluding carboxylic acids is 2. The SMILES string of the molecule is O=C(CCNC(=O)c1ccoc1)Nc1cccc(S(=O)(=O)N2CCCCCC2)c1. The van der Waals surface area contributed by atoms with E-state index in [0.29, 0.717) is 24.3 Å². The van der Waals surface area contributed by atoms with E-state index in [0.717, 1.165) is 25.7 Å². The van der Waals surface area contributed by atoms with E-state index in [2.05, 4.69) is 10.6 Å². The first-order chi connectivity index (χ1) is 14.0. The topological polar surface area (TPSA) is 109 Å². The minimum Gasteiger partial charge on any atom is -0.472 e. The molecule has 0 radical (unpaired) electrons. The van der Waals surface area contributed by atoms with Gasteiger partial charge in [-0.3, -0.25) is 9.59 Å². The van der Waals surface area contributed by atoms with Gasteiger partial charge in [0.2, 0.25) is 15.9 Å². The summed E-state index contributed by atoms with van der Waals surface area (Å²) in [5.74, 6) is -0.640. The summed E-state index contributed by atoms with van der Waals surface area (Å²) in [5, 5.41) is 5.31. The first-order valence-corrected chi connectivity index (χ1v) is 11.1. The quantitative estimate of drug-likeness (QED) is 0.717. The van der Waals surface area contributed by atoms with E-state index in [1.54, 1.807) is 18.2 Å². The number of nitrogens with one attached hydrogen (secondary N) is 2. The van der Waals surface area contributed by atoms with E-state index in [4.69, 9.17) is 4.42 Å². The molecular weight excluding hydrogens is 394 g/mol. The largest absolute Gasteiger partial charge is 0.472 e. The molecule has 1 aliphatic heterocycles. The van der Waals surface area contributed by atoms with Gasteiger partial charge in [0, 0.05) is 31.7 Å². The molecule has 9 heteroatoms. The Bertz CT molecular complexity index is 933. The van der Waals surface area contributed by atoms with Crippen LogP contribution in [0.15, 0.2) is 52.2 Å². The summed E-state index contributed by atoms with van der Waals surface area (Å²) in [5.41, 5.74) is 0.795. The number of sulfonamides is 1. The number of amides is 2. The molecule has 1 fully saturated rings. The Kier molecular flexibility index (Phi) is 7.05. The van der Waals surface area contributed by atoms with Gasteiger partial charge in [-0.25, -0.2) is 8.42 Å². The molecule has 0 spiro atoms. The first-order valence-electron chi connectivity index (χ1n) is 9.67. The number of carbonyl (C=O) groups is 2. The maximum atomic E-state index is 12.9. The number of furan rings is 1. The van der Waals surface area contributed by atoms with Crippen molar-refractivity contribution in [3.8, 4) is 0 Å². The Hall–Kier alpha value is -2.65. The monoisotopic (exact) mass is 419 g/mol. The molecule has 8 nitrogen and oxygen atoms in total. The number of benzene rings is 1. The fourth-order valence-corrected chi connectivity index (χ4v) is 4.74. The molecule has 1 aromatic carbocycles. The Labute approximate surface area is 170 Å². The molecule has 0 unspecified atom stereocenters. The van der Waals surface area contributed by atoms with Crippen LogP contribution in [0.1, 0.15) is 42.5 Å². The van der Waals surface area contributed by atoms with Gasteiger partial charge >= 0.3 is 0 Å². The van der Waals surface area contributed by atoms with Crippen LogP contribution in [0, 0.1) is 0 Å². The van der Waals surface area contributed by atoms with Crippen LogP contribution in [0.2, 0.25) is 0 Å². The van der Waals surface area contributed by atoms with Gasteiger partial charge in [-0.15, -0.1) is 0 Å². The lowest BCUT2D eigenvalue weighted by atomic mass is 10.2. The molecule has 3 rings (SSSR count). The van der Waals surface area contributed by atoms with Crippen molar-refractivity contribution in [3.05, 3.63) is 48.4 Å². The highest BCUT2D eigenvalue weighted by Gasteiger charge is 2.25. The zero-order chi connectivity index (χ0) is 20.7. The van der Waals surface area contributed by atoms with Crippen LogP contribution in [0.25, 0.3) is 0 Å². The van der Waals surface area contributed by atoms with Crippen LogP contribution in [0.5, 0.6) is 0 Å². The standard InChI is InChI=1S/C20H25N3O5S/c24-19(8-10-21-20(25)16-9-13-28-15-16)22-17-6-5-7-18(14-17)29(26,27)23-11-3-1-2-4-12-23/h5-7,9,13-15H,1-4,8,10-12H2,(H,21,25)(H,22,24). The summed E-state index contributed by atoms with van der Waals surface area (Å²) in [7, 11) is -3.58. The summed E-state index contributed by atoms with van der Waals surface area (Å²) in [6, 6.07) is 7.80. The van der Waals surface area contributed by atoms with E-state index >= 15 is 0 Å². The van der Waals surface area contributed by atoms with E-state index in [1.807, 2.05) is 0 Å². The maximum Gasteiger partial charge on any atom is 0.254 e. The number of rotatable bonds is 7. The molecule has 0 aliphatic carbocycles. The lowest BCUT2D eigenvalue weighted by Gasteiger charge is -2.20. The van der Waals surface area contributed by atoms with Gasteiger partial charge in [0.05, 0.1) is 16.7 Å². The van der Waals surface area contributed by atoms with Crippen LogP contribution >= 0.6 is 0 Å². The van der Waals surface area contributed by atoms with Gasteiger partial charge < -0.3 is 15.1 Å². The van der Waals surface area contributed by atoms with Gasteiger partial charge in [-0.2, -0.15) is 4.31 Å². The van der Waals surface area contributed by atoms with Crippen LogP contribution in [0.4, 0.5) is 5.69 Å². The maximum absolute atomic E-state index is 12.9. The molecule has 2 amide bonds. The second kappa shape index (κ2) is 9.71. The Morgan fingerprint density at radius 2 is 1.83 bits per heavy atom. The second-order valence-corrected chi connectivity index (χ2v) is 8.85. The van der Waals surface area contributed by atoms with E-state index in [1.165, 1.54) is 29.0 Å². The molecule has 2 aromatic rings. The summed E-state index contributed by atoms with van der Waals surface area (Å²) in [6.45, 7) is 1.20. The fourth-order valence-electron chi connectivity index (χ4n) is 3.17. The Morgan fingerprint density at radius 1 is 1.07 bits per heavy atom. The Morgan fingerprint density at radius 3 is 2.52 bits per heavy atom. The van der Waals surface area contributed by atoms with Crippen molar-refractivity contribution >= 4 is 27.5 Å². The van der Waals surface area contributed by atoms with Crippen molar-refractivity contribution < 1.29 is 22.4 Å². The summed E-state index contributed by atoms with van der Waals surface area (Å²) in [4.78, 5) is 24.1. The summed E-state index contributed by atoms with van der Waals surface area (Å²) in [6.07, 6.45) is 6.59. The normalized spacial score (nSPS) is 15.4. The predicted molar refractivity (Wildman–Crippen MR) is 108 cm³/mol. The zero-order valence-corrected chi connectivity index (χ0v) is 16.9. The van der Waals surface area contributed by atoms with Gasteiger partial charge in [-0.05, 0) is 37.1 Å². The molecule has 0 atom stereocenters. The van der Waals surface area contributed by atoms with Crippen LogP contribution in [0.3, 0.4) is 0 Å². The molecule has 0 saturated carbocycles. The van der Waals surface area contributed by atoms with E-state index in [9.17, 15) is 18.0 Å². The third-order valence-electron chi connectivity index (χ3n) is 4.74.